The van der Waals surface area contributed by atoms with Crippen molar-refractivity contribution < 1.29 is 34.5 Å². The zero-order valence-electron chi connectivity index (χ0n) is 14.6. The van der Waals surface area contributed by atoms with Crippen LogP contribution in [0.25, 0.3) is 0 Å². The Kier molecular flexibility index (Phi) is 11.6. The van der Waals surface area contributed by atoms with E-state index in [4.69, 9.17) is 15.9 Å². The number of carboxylic acids is 1. The van der Waals surface area contributed by atoms with Crippen molar-refractivity contribution in [2.75, 3.05) is 25.2 Å². The van der Waals surface area contributed by atoms with Crippen LogP contribution in [0.2, 0.25) is 0 Å². The third kappa shape index (κ3) is 8.47. The molecular formula is C14H26N4O7S. The predicted molar refractivity (Wildman–Crippen MR) is 94.2 cm³/mol. The number of aliphatic hydroxyl groups is 2. The Labute approximate surface area is 155 Å². The minimum atomic E-state index is -1.51. The number of carbonyl (C=O) groups excluding carboxylic acids is 3. The van der Waals surface area contributed by atoms with E-state index in [1.807, 2.05) is 0 Å². The van der Waals surface area contributed by atoms with Gasteiger partial charge < -0.3 is 37.0 Å². The number of carbonyl (C=O) groups is 4. The van der Waals surface area contributed by atoms with E-state index in [2.05, 4.69) is 16.0 Å². The Morgan fingerprint density at radius 2 is 1.38 bits per heavy atom. The number of hydrogen-bond acceptors (Lipinski definition) is 8. The summed E-state index contributed by atoms with van der Waals surface area (Å²) in [6, 6.07) is -4.83. The fraction of sp³-hybridized carbons (Fsp3) is 0.714. The van der Waals surface area contributed by atoms with Crippen LogP contribution in [0.3, 0.4) is 0 Å². The molecule has 11 nitrogen and oxygen atoms in total. The lowest BCUT2D eigenvalue weighted by atomic mass is 10.1. The molecule has 8 N–H and O–H groups in total. The summed E-state index contributed by atoms with van der Waals surface area (Å²) in [4.78, 5) is 46.9. The Bertz CT molecular complexity index is 504. The number of thioether (sulfide) groups is 1. The van der Waals surface area contributed by atoms with Crippen LogP contribution in [0.15, 0.2) is 0 Å². The molecule has 0 saturated carbocycles. The third-order valence-corrected chi connectivity index (χ3v) is 3.91. The maximum Gasteiger partial charge on any atom is 0.328 e. The van der Waals surface area contributed by atoms with Crippen molar-refractivity contribution in [3.63, 3.8) is 0 Å². The Balaban J connectivity index is 5.05. The summed E-state index contributed by atoms with van der Waals surface area (Å²) < 4.78 is 0. The molecule has 0 aliphatic carbocycles. The van der Waals surface area contributed by atoms with E-state index in [0.717, 1.165) is 0 Å². The molecule has 3 amide bonds. The molecule has 4 atom stereocenters. The first kappa shape index (κ1) is 24.1. The first-order chi connectivity index (χ1) is 12.2. The van der Waals surface area contributed by atoms with Crippen molar-refractivity contribution in [2.24, 2.45) is 5.73 Å². The van der Waals surface area contributed by atoms with Crippen LogP contribution in [-0.2, 0) is 19.2 Å². The molecule has 0 aromatic heterocycles. The second kappa shape index (κ2) is 12.5. The summed E-state index contributed by atoms with van der Waals surface area (Å²) >= 11 is 1.40. The molecule has 0 aromatic carbocycles. The number of aliphatic carboxylic acids is 1. The van der Waals surface area contributed by atoms with E-state index in [0.29, 0.717) is 5.75 Å². The number of amides is 3. The summed E-state index contributed by atoms with van der Waals surface area (Å²) in [6.45, 7) is -0.124. The molecule has 150 valence electrons. The van der Waals surface area contributed by atoms with E-state index < -0.39 is 61.1 Å². The van der Waals surface area contributed by atoms with Crippen molar-refractivity contribution in [2.45, 2.75) is 37.5 Å². The van der Waals surface area contributed by atoms with Crippen LogP contribution in [0, 0.1) is 0 Å². The van der Waals surface area contributed by atoms with Crippen LogP contribution >= 0.6 is 11.8 Å². The minimum absolute atomic E-state index is 0.176. The van der Waals surface area contributed by atoms with Gasteiger partial charge in [-0.25, -0.2) is 4.79 Å². The fourth-order valence-electron chi connectivity index (χ4n) is 1.73. The normalized spacial score (nSPS) is 15.3. The molecule has 0 saturated heterocycles. The van der Waals surface area contributed by atoms with Gasteiger partial charge in [0.25, 0.3) is 0 Å². The quantitative estimate of drug-likeness (QED) is 0.177. The van der Waals surface area contributed by atoms with Crippen LogP contribution in [0.5, 0.6) is 0 Å². The number of carboxylic acid groups (broad SMARTS) is 1. The van der Waals surface area contributed by atoms with Gasteiger partial charge in [0.2, 0.25) is 17.7 Å². The number of nitrogens with one attached hydrogen (secondary N) is 3. The topological polar surface area (TPSA) is 191 Å². The maximum atomic E-state index is 12.2. The summed E-state index contributed by atoms with van der Waals surface area (Å²) in [5, 5.41) is 33.9. The highest BCUT2D eigenvalue weighted by Crippen LogP contribution is 2.03. The number of nitrogens with two attached hydrogens (primary N) is 1. The molecule has 0 bridgehead atoms. The van der Waals surface area contributed by atoms with Crippen molar-refractivity contribution in [1.29, 1.82) is 0 Å². The first-order valence-electron chi connectivity index (χ1n) is 7.78. The minimum Gasteiger partial charge on any atom is -0.480 e. The zero-order valence-corrected chi connectivity index (χ0v) is 15.4. The van der Waals surface area contributed by atoms with E-state index in [-0.39, 0.29) is 6.42 Å². The smallest absolute Gasteiger partial charge is 0.328 e. The number of hydrogen-bond donors (Lipinski definition) is 7. The third-order valence-electron chi connectivity index (χ3n) is 3.27. The van der Waals surface area contributed by atoms with Gasteiger partial charge in [0.15, 0.2) is 0 Å². The van der Waals surface area contributed by atoms with Gasteiger partial charge in [0.1, 0.15) is 18.1 Å². The van der Waals surface area contributed by atoms with Gasteiger partial charge in [0.05, 0.1) is 19.3 Å². The first-order valence-corrected chi connectivity index (χ1v) is 9.17. The van der Waals surface area contributed by atoms with E-state index in [9.17, 15) is 24.3 Å². The molecule has 0 heterocycles. The zero-order chi connectivity index (χ0) is 20.3. The standard InChI is InChI=1S/C14H26N4O7S/c1-7(15)11(21)17-9(5-19)13(23)16-8(3-4-26-2)12(22)18-10(6-20)14(24)25/h7-10,19-20H,3-6,15H2,1-2H3,(H,16,23)(H,17,21)(H,18,22)(H,24,25). The molecule has 4 unspecified atom stereocenters. The van der Waals surface area contributed by atoms with E-state index in [1.165, 1.54) is 18.7 Å². The van der Waals surface area contributed by atoms with Crippen LogP contribution in [-0.4, -0.2) is 88.4 Å². The number of aliphatic hydroxyl groups excluding tert-OH is 2. The van der Waals surface area contributed by atoms with E-state index >= 15 is 0 Å². The lowest BCUT2D eigenvalue weighted by Gasteiger charge is -2.23. The van der Waals surface area contributed by atoms with Gasteiger partial charge in [-0.2, -0.15) is 11.8 Å². The lowest BCUT2D eigenvalue weighted by Crippen LogP contribution is -2.58. The lowest BCUT2D eigenvalue weighted by molar-refractivity contribution is -0.143. The number of rotatable bonds is 12. The van der Waals surface area contributed by atoms with Crippen molar-refractivity contribution in [1.82, 2.24) is 16.0 Å². The molecule has 0 aromatic rings. The Hall–Kier alpha value is -1.89. The van der Waals surface area contributed by atoms with Crippen molar-refractivity contribution >= 4 is 35.5 Å². The molecule has 12 heteroatoms. The molecule has 0 spiro atoms. The van der Waals surface area contributed by atoms with Crippen molar-refractivity contribution in [3.05, 3.63) is 0 Å². The Morgan fingerprint density at radius 3 is 1.81 bits per heavy atom. The highest BCUT2D eigenvalue weighted by atomic mass is 32.2. The van der Waals surface area contributed by atoms with Crippen LogP contribution in [0.1, 0.15) is 13.3 Å². The van der Waals surface area contributed by atoms with Crippen molar-refractivity contribution in [3.8, 4) is 0 Å². The SMILES string of the molecule is CSCCC(NC(=O)C(CO)NC(=O)C(C)N)C(=O)NC(CO)C(=O)O. The summed E-state index contributed by atoms with van der Waals surface area (Å²) in [5.74, 6) is -3.22. The summed E-state index contributed by atoms with van der Waals surface area (Å²) in [5.41, 5.74) is 5.38. The van der Waals surface area contributed by atoms with Gasteiger partial charge in [-0.1, -0.05) is 0 Å². The molecular weight excluding hydrogens is 368 g/mol. The molecule has 0 rings (SSSR count). The molecule has 26 heavy (non-hydrogen) atoms. The van der Waals surface area contributed by atoms with E-state index in [1.54, 1.807) is 6.26 Å². The average Bonchev–Trinajstić information content (AvgIpc) is 2.59. The molecule has 0 aliphatic heterocycles. The highest BCUT2D eigenvalue weighted by molar-refractivity contribution is 7.98. The largest absolute Gasteiger partial charge is 0.480 e. The van der Waals surface area contributed by atoms with Gasteiger partial charge in [-0.15, -0.1) is 0 Å². The summed E-state index contributed by atoms with van der Waals surface area (Å²) in [7, 11) is 0. The molecule has 0 aliphatic rings. The predicted octanol–water partition coefficient (Wildman–Crippen LogP) is -3.39. The highest BCUT2D eigenvalue weighted by Gasteiger charge is 2.29. The second-order valence-corrected chi connectivity index (χ2v) is 6.44. The van der Waals surface area contributed by atoms with Gasteiger partial charge in [-0.3, -0.25) is 14.4 Å². The molecule has 0 radical (unpaired) electrons. The van der Waals surface area contributed by atoms with Gasteiger partial charge in [0, 0.05) is 0 Å². The monoisotopic (exact) mass is 394 g/mol. The van der Waals surface area contributed by atoms with Crippen LogP contribution in [0.4, 0.5) is 0 Å². The fourth-order valence-corrected chi connectivity index (χ4v) is 2.20. The van der Waals surface area contributed by atoms with Crippen LogP contribution < -0.4 is 21.7 Å². The second-order valence-electron chi connectivity index (χ2n) is 5.46. The summed E-state index contributed by atoms with van der Waals surface area (Å²) in [6.07, 6.45) is 1.96. The Morgan fingerprint density at radius 1 is 0.923 bits per heavy atom. The van der Waals surface area contributed by atoms with Gasteiger partial charge >= 0.3 is 5.97 Å². The molecule has 0 fully saturated rings. The average molecular weight is 394 g/mol. The van der Waals surface area contributed by atoms with Gasteiger partial charge in [-0.05, 0) is 25.4 Å². The maximum absolute atomic E-state index is 12.2.